The second kappa shape index (κ2) is 5.29. The van der Waals surface area contributed by atoms with Crippen molar-refractivity contribution in [2.24, 2.45) is 0 Å². The third kappa shape index (κ3) is 2.76. The summed E-state index contributed by atoms with van der Waals surface area (Å²) in [4.78, 5) is 1.22. The predicted molar refractivity (Wildman–Crippen MR) is 74.1 cm³/mol. The molecule has 17 heavy (non-hydrogen) atoms. The summed E-state index contributed by atoms with van der Waals surface area (Å²) in [6, 6.07) is 9.16. The van der Waals surface area contributed by atoms with Gasteiger partial charge in [-0.25, -0.2) is 4.39 Å². The second-order valence-corrected chi connectivity index (χ2v) is 6.36. The Hall–Kier alpha value is -0.710. The van der Waals surface area contributed by atoms with Crippen LogP contribution in [0.3, 0.4) is 0 Å². The summed E-state index contributed by atoms with van der Waals surface area (Å²) in [7, 11) is 1.92. The molecule has 0 radical (unpaired) electrons. The highest BCUT2D eigenvalue weighted by Gasteiger charge is 2.16. The molecule has 1 atom stereocenters. The standard InChI is InChI=1S/C13H13BrFNS/c1-8-7-9(15)3-4-10(8)13(16-2)11-5-6-12(14)17-11/h3-7,13,16H,1-2H3. The minimum absolute atomic E-state index is 0.117. The number of aryl methyl sites for hydroxylation is 1. The van der Waals surface area contributed by atoms with Gasteiger partial charge in [0.25, 0.3) is 0 Å². The van der Waals surface area contributed by atoms with Crippen molar-refractivity contribution < 1.29 is 4.39 Å². The van der Waals surface area contributed by atoms with E-state index < -0.39 is 0 Å². The molecule has 0 saturated heterocycles. The second-order valence-electron chi connectivity index (χ2n) is 3.86. The maximum Gasteiger partial charge on any atom is 0.123 e. The summed E-state index contributed by atoms with van der Waals surface area (Å²) in [6.07, 6.45) is 0. The predicted octanol–water partition coefficient (Wildman–Crippen LogP) is 4.27. The van der Waals surface area contributed by atoms with Gasteiger partial charge in [-0.15, -0.1) is 11.3 Å². The number of thiophene rings is 1. The van der Waals surface area contributed by atoms with Crippen LogP contribution in [0.25, 0.3) is 0 Å². The molecule has 0 fully saturated rings. The van der Waals surface area contributed by atoms with Crippen molar-refractivity contribution in [3.8, 4) is 0 Å². The van der Waals surface area contributed by atoms with Gasteiger partial charge >= 0.3 is 0 Å². The lowest BCUT2D eigenvalue weighted by molar-refractivity contribution is 0.622. The molecule has 0 aliphatic carbocycles. The lowest BCUT2D eigenvalue weighted by atomic mass is 10.00. The van der Waals surface area contributed by atoms with E-state index in [0.717, 1.165) is 14.9 Å². The molecule has 0 saturated carbocycles. The fraction of sp³-hybridized carbons (Fsp3) is 0.231. The Bertz CT molecular complexity index is 524. The maximum absolute atomic E-state index is 13.1. The van der Waals surface area contributed by atoms with Crippen LogP contribution in [-0.4, -0.2) is 7.05 Å². The molecule has 1 aromatic carbocycles. The Labute approximate surface area is 113 Å². The molecule has 0 amide bonds. The number of nitrogens with one attached hydrogen (secondary N) is 1. The fourth-order valence-electron chi connectivity index (χ4n) is 1.90. The van der Waals surface area contributed by atoms with Gasteiger partial charge in [-0.3, -0.25) is 0 Å². The molecule has 2 aromatic rings. The van der Waals surface area contributed by atoms with Crippen molar-refractivity contribution in [1.82, 2.24) is 5.32 Å². The third-order valence-corrected chi connectivity index (χ3v) is 4.40. The van der Waals surface area contributed by atoms with E-state index in [0.29, 0.717) is 0 Å². The molecule has 0 aliphatic heterocycles. The van der Waals surface area contributed by atoms with Crippen molar-refractivity contribution in [3.05, 3.63) is 55.9 Å². The maximum atomic E-state index is 13.1. The van der Waals surface area contributed by atoms with Crippen molar-refractivity contribution >= 4 is 27.3 Å². The number of hydrogen-bond acceptors (Lipinski definition) is 2. The zero-order chi connectivity index (χ0) is 12.4. The van der Waals surface area contributed by atoms with Crippen LogP contribution in [0.2, 0.25) is 0 Å². The number of hydrogen-bond donors (Lipinski definition) is 1. The molecule has 1 nitrogen and oxygen atoms in total. The first-order valence-electron chi connectivity index (χ1n) is 5.30. The Balaban J connectivity index is 2.42. The molecule has 0 bridgehead atoms. The Morgan fingerprint density at radius 3 is 2.59 bits per heavy atom. The summed E-state index contributed by atoms with van der Waals surface area (Å²) in [5.41, 5.74) is 2.08. The molecular weight excluding hydrogens is 301 g/mol. The quantitative estimate of drug-likeness (QED) is 0.892. The van der Waals surface area contributed by atoms with Crippen LogP contribution in [0.4, 0.5) is 4.39 Å². The van der Waals surface area contributed by atoms with Gasteiger partial charge in [0.05, 0.1) is 9.83 Å². The highest BCUT2D eigenvalue weighted by atomic mass is 79.9. The Morgan fingerprint density at radius 1 is 1.29 bits per heavy atom. The van der Waals surface area contributed by atoms with E-state index in [4.69, 9.17) is 0 Å². The Kier molecular flexibility index (Phi) is 3.97. The zero-order valence-electron chi connectivity index (χ0n) is 9.63. The summed E-state index contributed by atoms with van der Waals surface area (Å²) in [5, 5.41) is 3.28. The highest BCUT2D eigenvalue weighted by Crippen LogP contribution is 2.32. The fourth-order valence-corrected chi connectivity index (χ4v) is 3.45. The van der Waals surface area contributed by atoms with E-state index in [-0.39, 0.29) is 11.9 Å². The summed E-state index contributed by atoms with van der Waals surface area (Å²) < 4.78 is 14.2. The topological polar surface area (TPSA) is 12.0 Å². The van der Waals surface area contributed by atoms with Gasteiger partial charge in [-0.1, -0.05) is 6.07 Å². The Morgan fingerprint density at radius 2 is 2.06 bits per heavy atom. The van der Waals surface area contributed by atoms with E-state index in [2.05, 4.69) is 27.3 Å². The summed E-state index contributed by atoms with van der Waals surface area (Å²) in [6.45, 7) is 1.94. The van der Waals surface area contributed by atoms with Gasteiger partial charge in [-0.05, 0) is 65.3 Å². The molecular formula is C13H13BrFNS. The molecule has 2 rings (SSSR count). The normalized spacial score (nSPS) is 12.7. The van der Waals surface area contributed by atoms with Gasteiger partial charge in [0.2, 0.25) is 0 Å². The van der Waals surface area contributed by atoms with Crippen LogP contribution < -0.4 is 5.32 Å². The van der Waals surface area contributed by atoms with Gasteiger partial charge < -0.3 is 5.32 Å². The highest BCUT2D eigenvalue weighted by molar-refractivity contribution is 9.11. The molecule has 1 unspecified atom stereocenters. The van der Waals surface area contributed by atoms with Crippen molar-refractivity contribution in [2.45, 2.75) is 13.0 Å². The van der Waals surface area contributed by atoms with Crippen LogP contribution in [0.1, 0.15) is 22.0 Å². The van der Waals surface area contributed by atoms with E-state index in [1.165, 1.54) is 10.9 Å². The molecule has 1 N–H and O–H groups in total. The van der Waals surface area contributed by atoms with Crippen molar-refractivity contribution in [3.63, 3.8) is 0 Å². The molecule has 4 heteroatoms. The first kappa shape index (κ1) is 12.7. The monoisotopic (exact) mass is 313 g/mol. The summed E-state index contributed by atoms with van der Waals surface area (Å²) in [5.74, 6) is -0.187. The van der Waals surface area contributed by atoms with Crippen LogP contribution in [-0.2, 0) is 0 Å². The van der Waals surface area contributed by atoms with E-state index in [9.17, 15) is 4.39 Å². The summed E-state index contributed by atoms with van der Waals surface area (Å²) >= 11 is 5.15. The molecule has 0 spiro atoms. The van der Waals surface area contributed by atoms with Gasteiger partial charge in [-0.2, -0.15) is 0 Å². The SMILES string of the molecule is CNC(c1ccc(Br)s1)c1ccc(F)cc1C. The van der Waals surface area contributed by atoms with Gasteiger partial charge in [0.1, 0.15) is 5.82 Å². The van der Waals surface area contributed by atoms with Crippen molar-refractivity contribution in [1.29, 1.82) is 0 Å². The molecule has 90 valence electrons. The average Bonchev–Trinajstić information content (AvgIpc) is 2.69. The van der Waals surface area contributed by atoms with Gasteiger partial charge in [0, 0.05) is 4.88 Å². The molecule has 1 heterocycles. The average molecular weight is 314 g/mol. The smallest absolute Gasteiger partial charge is 0.123 e. The number of halogens is 2. The van der Waals surface area contributed by atoms with E-state index in [1.54, 1.807) is 17.4 Å². The first-order valence-corrected chi connectivity index (χ1v) is 6.91. The van der Waals surface area contributed by atoms with Crippen LogP contribution in [0, 0.1) is 12.7 Å². The largest absolute Gasteiger partial charge is 0.309 e. The van der Waals surface area contributed by atoms with E-state index in [1.807, 2.05) is 26.1 Å². The number of rotatable bonds is 3. The molecule has 1 aromatic heterocycles. The molecule has 0 aliphatic rings. The van der Waals surface area contributed by atoms with Crippen LogP contribution in [0.15, 0.2) is 34.1 Å². The van der Waals surface area contributed by atoms with Crippen LogP contribution >= 0.6 is 27.3 Å². The minimum atomic E-state index is -0.187. The van der Waals surface area contributed by atoms with E-state index >= 15 is 0 Å². The number of benzene rings is 1. The zero-order valence-corrected chi connectivity index (χ0v) is 12.0. The lowest BCUT2D eigenvalue weighted by Crippen LogP contribution is -2.17. The minimum Gasteiger partial charge on any atom is -0.309 e. The van der Waals surface area contributed by atoms with Gasteiger partial charge in [0.15, 0.2) is 0 Å². The van der Waals surface area contributed by atoms with Crippen molar-refractivity contribution in [2.75, 3.05) is 7.05 Å². The lowest BCUT2D eigenvalue weighted by Gasteiger charge is -2.17. The third-order valence-electron chi connectivity index (χ3n) is 2.71. The first-order chi connectivity index (χ1) is 8.11. The van der Waals surface area contributed by atoms with Crippen LogP contribution in [0.5, 0.6) is 0 Å².